The normalized spacial score (nSPS) is 12.0. The predicted octanol–water partition coefficient (Wildman–Crippen LogP) is 7.21. The van der Waals surface area contributed by atoms with Gasteiger partial charge in [0, 0.05) is 22.2 Å². The largest absolute Gasteiger partial charge is 0.494 e. The maximum atomic E-state index is 13.3. The maximum Gasteiger partial charge on any atom is 0.272 e. The second-order valence-corrected chi connectivity index (χ2v) is 11.8. The Morgan fingerprint density at radius 3 is 2.57 bits per heavy atom. The highest BCUT2D eigenvalue weighted by Gasteiger charge is 2.21. The lowest BCUT2D eigenvalue weighted by molar-refractivity contribution is -0.116. The van der Waals surface area contributed by atoms with Gasteiger partial charge in [-0.15, -0.1) is 11.8 Å². The van der Waals surface area contributed by atoms with E-state index in [0.717, 1.165) is 20.9 Å². The fourth-order valence-electron chi connectivity index (χ4n) is 4.19. The van der Waals surface area contributed by atoms with Gasteiger partial charge in [-0.05, 0) is 74.0 Å². The molecular formula is C33H30N4O5S2. The second-order valence-electron chi connectivity index (χ2n) is 9.46. The number of thiazole rings is 1. The molecule has 2 heterocycles. The zero-order chi connectivity index (χ0) is 30.9. The second kappa shape index (κ2) is 14.5. The van der Waals surface area contributed by atoms with E-state index in [1.165, 1.54) is 35.4 Å². The molecule has 0 saturated carbocycles. The van der Waals surface area contributed by atoms with Crippen LogP contribution in [0.1, 0.15) is 36.4 Å². The van der Waals surface area contributed by atoms with Crippen LogP contribution in [0.25, 0.3) is 16.3 Å². The Morgan fingerprint density at radius 2 is 1.82 bits per heavy atom. The summed E-state index contributed by atoms with van der Waals surface area (Å²) in [6, 6.07) is 24.8. The van der Waals surface area contributed by atoms with Crippen LogP contribution in [0.15, 0.2) is 106 Å². The van der Waals surface area contributed by atoms with Gasteiger partial charge in [0.15, 0.2) is 5.13 Å². The first-order valence-corrected chi connectivity index (χ1v) is 15.7. The van der Waals surface area contributed by atoms with Crippen LogP contribution < -0.4 is 20.7 Å². The quantitative estimate of drug-likeness (QED) is 0.0988. The Hall–Kier alpha value is -4.87. The number of amides is 3. The number of fused-ring (bicyclic) bond motifs is 1. The Balaban J connectivity index is 1.26. The molecule has 0 saturated heterocycles. The number of ether oxygens (including phenoxy) is 1. The summed E-state index contributed by atoms with van der Waals surface area (Å²) in [7, 11) is 0. The standard InChI is InChI=1S/C33H30N4O5S2/c1-3-28(32(40)37-33-36-26-16-15-24(41-4-2)20-29(26)44-33)43-25-14-8-12-22(18-25)34-31(39)27(19-23-13-9-17-42-23)35-30(38)21-10-6-5-7-11-21/h5-20,28H,3-4H2,1-2H3,(H,34,39)(H,35,38)(H,36,37,40)/b27-19-. The third-order valence-corrected chi connectivity index (χ3v) is 8.58. The van der Waals surface area contributed by atoms with E-state index in [4.69, 9.17) is 9.15 Å². The van der Waals surface area contributed by atoms with Gasteiger partial charge in [0.1, 0.15) is 17.2 Å². The van der Waals surface area contributed by atoms with Crippen molar-refractivity contribution in [2.45, 2.75) is 30.4 Å². The zero-order valence-corrected chi connectivity index (χ0v) is 25.7. The molecule has 5 aromatic rings. The molecule has 0 aliphatic heterocycles. The SMILES string of the molecule is CCOc1ccc2nc(NC(=O)C(CC)Sc3cccc(NC(=O)/C(=C/c4ccco4)NC(=O)c4ccccc4)c3)sc2c1. The monoisotopic (exact) mass is 626 g/mol. The van der Waals surface area contributed by atoms with E-state index in [2.05, 4.69) is 20.9 Å². The molecule has 5 rings (SSSR count). The third kappa shape index (κ3) is 7.94. The molecule has 1 atom stereocenters. The van der Waals surface area contributed by atoms with Crippen molar-refractivity contribution < 1.29 is 23.5 Å². The summed E-state index contributed by atoms with van der Waals surface area (Å²) in [5.74, 6) is 0.0527. The van der Waals surface area contributed by atoms with Gasteiger partial charge < -0.3 is 25.1 Å². The molecule has 2 aromatic heterocycles. The van der Waals surface area contributed by atoms with Crippen molar-refractivity contribution >= 4 is 67.9 Å². The minimum Gasteiger partial charge on any atom is -0.494 e. The summed E-state index contributed by atoms with van der Waals surface area (Å²) < 4.78 is 11.9. The number of anilines is 2. The number of thioether (sulfide) groups is 1. The van der Waals surface area contributed by atoms with Gasteiger partial charge in [0.05, 0.1) is 28.3 Å². The van der Waals surface area contributed by atoms with Gasteiger partial charge in [-0.3, -0.25) is 14.4 Å². The molecule has 11 heteroatoms. The minimum atomic E-state index is -0.527. The van der Waals surface area contributed by atoms with Crippen molar-refractivity contribution in [3.8, 4) is 5.75 Å². The molecule has 224 valence electrons. The van der Waals surface area contributed by atoms with Crippen LogP contribution in [-0.4, -0.2) is 34.6 Å². The molecule has 0 radical (unpaired) electrons. The molecule has 3 N–H and O–H groups in total. The van der Waals surface area contributed by atoms with Gasteiger partial charge in [-0.2, -0.15) is 0 Å². The maximum absolute atomic E-state index is 13.3. The van der Waals surface area contributed by atoms with Crippen LogP contribution in [0, 0.1) is 0 Å². The summed E-state index contributed by atoms with van der Waals surface area (Å²) in [6.45, 7) is 4.44. The lowest BCUT2D eigenvalue weighted by atomic mass is 10.2. The Kier molecular flexibility index (Phi) is 10.1. The van der Waals surface area contributed by atoms with Crippen LogP contribution in [-0.2, 0) is 9.59 Å². The molecule has 3 amide bonds. The summed E-state index contributed by atoms with van der Waals surface area (Å²) in [4.78, 5) is 44.7. The van der Waals surface area contributed by atoms with Gasteiger partial charge in [0.25, 0.3) is 11.8 Å². The van der Waals surface area contributed by atoms with Crippen LogP contribution in [0.4, 0.5) is 10.8 Å². The van der Waals surface area contributed by atoms with Crippen molar-refractivity contribution in [1.29, 1.82) is 0 Å². The summed E-state index contributed by atoms with van der Waals surface area (Å²) >= 11 is 2.78. The number of nitrogens with zero attached hydrogens (tertiary/aromatic N) is 1. The lowest BCUT2D eigenvalue weighted by Crippen LogP contribution is -2.30. The number of hydrogen-bond donors (Lipinski definition) is 3. The van der Waals surface area contributed by atoms with E-state index in [0.29, 0.717) is 35.2 Å². The zero-order valence-electron chi connectivity index (χ0n) is 24.0. The highest BCUT2D eigenvalue weighted by molar-refractivity contribution is 8.00. The molecule has 9 nitrogen and oxygen atoms in total. The molecule has 44 heavy (non-hydrogen) atoms. The van der Waals surface area contributed by atoms with E-state index in [1.807, 2.05) is 38.1 Å². The van der Waals surface area contributed by atoms with Crippen LogP contribution in [0.2, 0.25) is 0 Å². The number of nitrogens with one attached hydrogen (secondary N) is 3. The smallest absolute Gasteiger partial charge is 0.272 e. The number of hydrogen-bond acceptors (Lipinski definition) is 8. The number of carbonyl (C=O) groups is 3. The number of rotatable bonds is 12. The van der Waals surface area contributed by atoms with Gasteiger partial charge in [-0.25, -0.2) is 4.98 Å². The van der Waals surface area contributed by atoms with E-state index < -0.39 is 17.1 Å². The van der Waals surface area contributed by atoms with Gasteiger partial charge >= 0.3 is 0 Å². The Morgan fingerprint density at radius 1 is 0.977 bits per heavy atom. The topological polar surface area (TPSA) is 123 Å². The van der Waals surface area contributed by atoms with E-state index in [9.17, 15) is 14.4 Å². The molecular weight excluding hydrogens is 597 g/mol. The first-order chi connectivity index (χ1) is 21.4. The predicted molar refractivity (Wildman–Crippen MR) is 175 cm³/mol. The fraction of sp³-hybridized carbons (Fsp3) is 0.152. The highest BCUT2D eigenvalue weighted by atomic mass is 32.2. The van der Waals surface area contributed by atoms with Crippen molar-refractivity contribution in [2.24, 2.45) is 0 Å². The van der Waals surface area contributed by atoms with Gasteiger partial charge in [0.2, 0.25) is 5.91 Å². The Bertz CT molecular complexity index is 1780. The Labute approximate surface area is 262 Å². The number of benzene rings is 3. The first kappa shape index (κ1) is 30.6. The van der Waals surface area contributed by atoms with Crippen molar-refractivity contribution in [2.75, 3.05) is 17.2 Å². The molecule has 0 bridgehead atoms. The van der Waals surface area contributed by atoms with Crippen LogP contribution >= 0.6 is 23.1 Å². The van der Waals surface area contributed by atoms with Gasteiger partial charge in [-0.1, -0.05) is 42.5 Å². The number of furan rings is 1. The average molecular weight is 627 g/mol. The van der Waals surface area contributed by atoms with E-state index >= 15 is 0 Å². The van der Waals surface area contributed by atoms with E-state index in [-0.39, 0.29) is 11.6 Å². The lowest BCUT2D eigenvalue weighted by Gasteiger charge is -2.15. The fourth-order valence-corrected chi connectivity index (χ4v) is 6.10. The highest BCUT2D eigenvalue weighted by Crippen LogP contribution is 2.32. The number of carbonyl (C=O) groups excluding carboxylic acids is 3. The summed E-state index contributed by atoms with van der Waals surface area (Å²) in [5, 5.41) is 8.60. The minimum absolute atomic E-state index is 0.0156. The molecule has 0 fully saturated rings. The average Bonchev–Trinajstić information content (AvgIpc) is 3.69. The third-order valence-electron chi connectivity index (χ3n) is 6.29. The number of aromatic nitrogens is 1. The van der Waals surface area contributed by atoms with Crippen LogP contribution in [0.3, 0.4) is 0 Å². The molecule has 0 aliphatic carbocycles. The van der Waals surface area contributed by atoms with Crippen LogP contribution in [0.5, 0.6) is 5.75 Å². The molecule has 3 aromatic carbocycles. The van der Waals surface area contributed by atoms with Crippen molar-refractivity contribution in [1.82, 2.24) is 10.3 Å². The first-order valence-electron chi connectivity index (χ1n) is 14.0. The summed E-state index contributed by atoms with van der Waals surface area (Å²) in [6.07, 6.45) is 3.52. The van der Waals surface area contributed by atoms with E-state index in [1.54, 1.807) is 60.7 Å². The molecule has 0 spiro atoms. The molecule has 0 aliphatic rings. The molecule has 1 unspecified atom stereocenters. The van der Waals surface area contributed by atoms with Crippen molar-refractivity contribution in [3.05, 3.63) is 108 Å². The summed E-state index contributed by atoms with van der Waals surface area (Å²) in [5.41, 5.74) is 1.72. The van der Waals surface area contributed by atoms with Crippen molar-refractivity contribution in [3.63, 3.8) is 0 Å².